The number of anilines is 2. The zero-order chi connectivity index (χ0) is 23.4. The summed E-state index contributed by atoms with van der Waals surface area (Å²) in [5.41, 5.74) is 1.95. The fourth-order valence-corrected chi connectivity index (χ4v) is 3.30. The Labute approximate surface area is 188 Å². The van der Waals surface area contributed by atoms with Gasteiger partial charge in [0.2, 0.25) is 0 Å². The van der Waals surface area contributed by atoms with Gasteiger partial charge in [0.25, 0.3) is 0 Å². The standard InChI is InChI=1S/C23H22F3N5O2/c1-3-4-8-20-29-21(28-15-9-11-17(12-10-15)33-23(24,25)26)19-14-27-31(22(19)30-20)16-6-5-7-18(13-16)32-2/h5-7,9-14H,3-4,8H2,1-2H3,(H,28,29,30). The minimum Gasteiger partial charge on any atom is -0.497 e. The van der Waals surface area contributed by atoms with Crippen LogP contribution in [0.25, 0.3) is 16.7 Å². The summed E-state index contributed by atoms with van der Waals surface area (Å²) in [5.74, 6) is 1.56. The van der Waals surface area contributed by atoms with Crippen molar-refractivity contribution in [3.8, 4) is 17.2 Å². The quantitative estimate of drug-likeness (QED) is 0.360. The number of hydrogen-bond acceptors (Lipinski definition) is 6. The summed E-state index contributed by atoms with van der Waals surface area (Å²) in [5, 5.41) is 8.34. The highest BCUT2D eigenvalue weighted by Gasteiger charge is 2.31. The molecule has 2 aromatic carbocycles. The zero-order valence-corrected chi connectivity index (χ0v) is 18.1. The number of fused-ring (bicyclic) bond motifs is 1. The van der Waals surface area contributed by atoms with Crippen molar-refractivity contribution in [2.45, 2.75) is 32.5 Å². The maximum absolute atomic E-state index is 12.4. The number of ether oxygens (including phenoxy) is 2. The second kappa shape index (κ2) is 9.35. The maximum atomic E-state index is 12.4. The molecule has 0 aliphatic carbocycles. The Bertz CT molecular complexity index is 1240. The second-order valence-corrected chi connectivity index (χ2v) is 7.28. The Kier molecular flexibility index (Phi) is 6.34. The van der Waals surface area contributed by atoms with Crippen LogP contribution in [0.2, 0.25) is 0 Å². The Morgan fingerprint density at radius 1 is 1.03 bits per heavy atom. The molecular weight excluding hydrogens is 435 g/mol. The zero-order valence-electron chi connectivity index (χ0n) is 18.1. The van der Waals surface area contributed by atoms with Crippen LogP contribution in [-0.2, 0) is 6.42 Å². The number of nitrogens with one attached hydrogen (secondary N) is 1. The van der Waals surface area contributed by atoms with Gasteiger partial charge in [-0.3, -0.25) is 0 Å². The van der Waals surface area contributed by atoms with Crippen molar-refractivity contribution >= 4 is 22.5 Å². The van der Waals surface area contributed by atoms with Gasteiger partial charge in [0.15, 0.2) is 5.65 Å². The third-order valence-corrected chi connectivity index (χ3v) is 4.88. The van der Waals surface area contributed by atoms with E-state index >= 15 is 0 Å². The average molecular weight is 457 g/mol. The van der Waals surface area contributed by atoms with Crippen LogP contribution in [-0.4, -0.2) is 33.2 Å². The Morgan fingerprint density at radius 3 is 2.52 bits per heavy atom. The van der Waals surface area contributed by atoms with Gasteiger partial charge in [-0.2, -0.15) is 5.10 Å². The SMILES string of the molecule is CCCCc1nc(Nc2ccc(OC(F)(F)F)cc2)c2cnn(-c3cccc(OC)c3)c2n1. The topological polar surface area (TPSA) is 74.1 Å². The van der Waals surface area contributed by atoms with Gasteiger partial charge in [-0.05, 0) is 42.8 Å². The molecule has 4 aromatic rings. The average Bonchev–Trinajstić information content (AvgIpc) is 3.22. The van der Waals surface area contributed by atoms with Gasteiger partial charge in [0.05, 0.1) is 24.4 Å². The highest BCUT2D eigenvalue weighted by atomic mass is 19.4. The number of alkyl halides is 3. The molecule has 0 fully saturated rings. The third kappa shape index (κ3) is 5.33. The molecule has 33 heavy (non-hydrogen) atoms. The van der Waals surface area contributed by atoms with Gasteiger partial charge < -0.3 is 14.8 Å². The highest BCUT2D eigenvalue weighted by Crippen LogP contribution is 2.29. The lowest BCUT2D eigenvalue weighted by molar-refractivity contribution is -0.274. The number of methoxy groups -OCH3 is 1. The van der Waals surface area contributed by atoms with Crippen LogP contribution in [0.3, 0.4) is 0 Å². The molecule has 0 bridgehead atoms. The Hall–Kier alpha value is -3.82. The first-order valence-electron chi connectivity index (χ1n) is 10.4. The van der Waals surface area contributed by atoms with Crippen LogP contribution in [0.1, 0.15) is 25.6 Å². The van der Waals surface area contributed by atoms with E-state index in [1.165, 1.54) is 24.3 Å². The monoisotopic (exact) mass is 457 g/mol. The maximum Gasteiger partial charge on any atom is 0.573 e. The lowest BCUT2D eigenvalue weighted by Gasteiger charge is -2.12. The first-order chi connectivity index (χ1) is 15.9. The number of unbranched alkanes of at least 4 members (excludes halogenated alkanes) is 1. The fraction of sp³-hybridized carbons (Fsp3) is 0.261. The summed E-state index contributed by atoms with van der Waals surface area (Å²) >= 11 is 0. The molecule has 2 heterocycles. The van der Waals surface area contributed by atoms with Crippen molar-refractivity contribution in [3.05, 3.63) is 60.6 Å². The molecular formula is C23H22F3N5O2. The fourth-order valence-electron chi connectivity index (χ4n) is 3.30. The molecule has 0 aliphatic rings. The van der Waals surface area contributed by atoms with Crippen LogP contribution < -0.4 is 14.8 Å². The predicted molar refractivity (Wildman–Crippen MR) is 118 cm³/mol. The van der Waals surface area contributed by atoms with E-state index in [2.05, 4.69) is 27.1 Å². The van der Waals surface area contributed by atoms with Crippen LogP contribution >= 0.6 is 0 Å². The van der Waals surface area contributed by atoms with E-state index in [0.29, 0.717) is 40.5 Å². The lowest BCUT2D eigenvalue weighted by Crippen LogP contribution is -2.17. The van der Waals surface area contributed by atoms with Crippen molar-refractivity contribution in [2.24, 2.45) is 0 Å². The minimum absolute atomic E-state index is 0.296. The molecule has 2 aromatic heterocycles. The normalized spacial score (nSPS) is 11.5. The van der Waals surface area contributed by atoms with Gasteiger partial charge >= 0.3 is 6.36 Å². The third-order valence-electron chi connectivity index (χ3n) is 4.88. The molecule has 0 saturated heterocycles. The minimum atomic E-state index is -4.74. The van der Waals surface area contributed by atoms with Crippen molar-refractivity contribution in [2.75, 3.05) is 12.4 Å². The van der Waals surface area contributed by atoms with Crippen molar-refractivity contribution < 1.29 is 22.6 Å². The summed E-state index contributed by atoms with van der Waals surface area (Å²) in [6.07, 6.45) is -0.497. The molecule has 172 valence electrons. The summed E-state index contributed by atoms with van der Waals surface area (Å²) in [7, 11) is 1.60. The van der Waals surface area contributed by atoms with Crippen LogP contribution in [0.15, 0.2) is 54.7 Å². The van der Waals surface area contributed by atoms with E-state index in [0.717, 1.165) is 18.5 Å². The predicted octanol–water partition coefficient (Wildman–Crippen LogP) is 5.81. The van der Waals surface area contributed by atoms with E-state index < -0.39 is 6.36 Å². The number of nitrogens with zero attached hydrogens (tertiary/aromatic N) is 4. The van der Waals surface area contributed by atoms with E-state index in [-0.39, 0.29) is 5.75 Å². The first kappa shape index (κ1) is 22.4. The second-order valence-electron chi connectivity index (χ2n) is 7.28. The van der Waals surface area contributed by atoms with Crippen molar-refractivity contribution in [3.63, 3.8) is 0 Å². The van der Waals surface area contributed by atoms with Crippen molar-refractivity contribution in [1.29, 1.82) is 0 Å². The van der Waals surface area contributed by atoms with E-state index in [1.54, 1.807) is 18.0 Å². The lowest BCUT2D eigenvalue weighted by atomic mass is 10.2. The summed E-state index contributed by atoms with van der Waals surface area (Å²) in [6, 6.07) is 12.9. The Balaban J connectivity index is 1.72. The highest BCUT2D eigenvalue weighted by molar-refractivity contribution is 5.89. The summed E-state index contributed by atoms with van der Waals surface area (Å²) < 4.78 is 48.2. The number of benzene rings is 2. The number of aromatic nitrogens is 4. The van der Waals surface area contributed by atoms with Crippen LogP contribution in [0, 0.1) is 0 Å². The largest absolute Gasteiger partial charge is 0.573 e. The van der Waals surface area contributed by atoms with Crippen LogP contribution in [0.4, 0.5) is 24.7 Å². The molecule has 0 amide bonds. The van der Waals surface area contributed by atoms with Gasteiger partial charge in [-0.15, -0.1) is 13.2 Å². The van der Waals surface area contributed by atoms with Gasteiger partial charge in [-0.25, -0.2) is 14.6 Å². The Morgan fingerprint density at radius 2 is 1.82 bits per heavy atom. The molecule has 0 saturated carbocycles. The summed E-state index contributed by atoms with van der Waals surface area (Å²) in [4.78, 5) is 9.37. The molecule has 0 atom stereocenters. The van der Waals surface area contributed by atoms with E-state index in [4.69, 9.17) is 9.72 Å². The van der Waals surface area contributed by atoms with E-state index in [9.17, 15) is 13.2 Å². The van der Waals surface area contributed by atoms with Crippen LogP contribution in [0.5, 0.6) is 11.5 Å². The molecule has 0 spiro atoms. The van der Waals surface area contributed by atoms with Gasteiger partial charge in [0.1, 0.15) is 23.1 Å². The van der Waals surface area contributed by atoms with Gasteiger partial charge in [-0.1, -0.05) is 19.4 Å². The summed E-state index contributed by atoms with van der Waals surface area (Å²) in [6.45, 7) is 2.09. The first-order valence-corrected chi connectivity index (χ1v) is 10.4. The molecule has 0 aliphatic heterocycles. The number of rotatable bonds is 8. The smallest absolute Gasteiger partial charge is 0.497 e. The number of aryl methyl sites for hydroxylation is 1. The van der Waals surface area contributed by atoms with Gasteiger partial charge in [0, 0.05) is 18.2 Å². The molecule has 0 unspecified atom stereocenters. The number of hydrogen-bond donors (Lipinski definition) is 1. The molecule has 4 rings (SSSR count). The molecule has 0 radical (unpaired) electrons. The van der Waals surface area contributed by atoms with E-state index in [1.807, 2.05) is 24.3 Å². The number of halogens is 3. The molecule has 10 heteroatoms. The molecule has 1 N–H and O–H groups in total. The van der Waals surface area contributed by atoms with Crippen molar-refractivity contribution in [1.82, 2.24) is 19.7 Å². The molecule has 7 nitrogen and oxygen atoms in total.